The van der Waals surface area contributed by atoms with E-state index in [1.807, 2.05) is 0 Å². The Labute approximate surface area is 101 Å². The Bertz CT molecular complexity index is 340. The first-order chi connectivity index (χ1) is 8.31. The SMILES string of the molecule is CCCOCc1noc(C2CCCCC2O)n1. The van der Waals surface area contributed by atoms with Gasteiger partial charge in [0.25, 0.3) is 0 Å². The zero-order valence-electron chi connectivity index (χ0n) is 10.3. The summed E-state index contributed by atoms with van der Waals surface area (Å²) in [5.41, 5.74) is 0. The number of aliphatic hydroxyl groups excluding tert-OH is 1. The van der Waals surface area contributed by atoms with Crippen LogP contribution < -0.4 is 0 Å². The minimum atomic E-state index is -0.339. The molecule has 2 rings (SSSR count). The molecule has 1 fully saturated rings. The number of aliphatic hydroxyl groups is 1. The first-order valence-electron chi connectivity index (χ1n) is 6.39. The van der Waals surface area contributed by atoms with Gasteiger partial charge in [-0.2, -0.15) is 4.98 Å². The third-order valence-electron chi connectivity index (χ3n) is 3.11. The molecule has 1 aliphatic rings. The third kappa shape index (κ3) is 3.26. The summed E-state index contributed by atoms with van der Waals surface area (Å²) in [5.74, 6) is 1.15. The topological polar surface area (TPSA) is 68.4 Å². The van der Waals surface area contributed by atoms with Crippen molar-refractivity contribution >= 4 is 0 Å². The molecule has 1 aromatic rings. The number of ether oxygens (including phenoxy) is 1. The fourth-order valence-corrected chi connectivity index (χ4v) is 2.18. The second-order valence-corrected chi connectivity index (χ2v) is 4.56. The van der Waals surface area contributed by atoms with Gasteiger partial charge in [0.15, 0.2) is 5.82 Å². The summed E-state index contributed by atoms with van der Waals surface area (Å²) in [5, 5.41) is 13.8. The maximum Gasteiger partial charge on any atom is 0.232 e. The highest BCUT2D eigenvalue weighted by molar-refractivity contribution is 4.98. The molecule has 0 aromatic carbocycles. The van der Waals surface area contributed by atoms with E-state index < -0.39 is 0 Å². The van der Waals surface area contributed by atoms with Gasteiger partial charge in [0.1, 0.15) is 6.61 Å². The Morgan fingerprint density at radius 3 is 3.00 bits per heavy atom. The molecule has 5 heteroatoms. The molecule has 96 valence electrons. The zero-order chi connectivity index (χ0) is 12.1. The van der Waals surface area contributed by atoms with Crippen LogP contribution in [-0.4, -0.2) is 28.0 Å². The number of hydrogen-bond donors (Lipinski definition) is 1. The molecule has 2 unspecified atom stereocenters. The fourth-order valence-electron chi connectivity index (χ4n) is 2.18. The van der Waals surface area contributed by atoms with Crippen LogP contribution in [0.2, 0.25) is 0 Å². The predicted molar refractivity (Wildman–Crippen MR) is 61.5 cm³/mol. The molecule has 2 atom stereocenters. The first-order valence-corrected chi connectivity index (χ1v) is 6.39. The lowest BCUT2D eigenvalue weighted by Crippen LogP contribution is -2.22. The highest BCUT2D eigenvalue weighted by Crippen LogP contribution is 2.31. The van der Waals surface area contributed by atoms with Crippen LogP contribution in [0.3, 0.4) is 0 Å². The molecule has 5 nitrogen and oxygen atoms in total. The van der Waals surface area contributed by atoms with Gasteiger partial charge in [0.05, 0.1) is 12.0 Å². The summed E-state index contributed by atoms with van der Waals surface area (Å²) in [6.07, 6.45) is 4.59. The van der Waals surface area contributed by atoms with E-state index in [9.17, 15) is 5.11 Å². The van der Waals surface area contributed by atoms with Crippen LogP contribution in [0.4, 0.5) is 0 Å². The Kier molecular flexibility index (Phi) is 4.50. The second kappa shape index (κ2) is 6.12. The van der Waals surface area contributed by atoms with Crippen molar-refractivity contribution in [2.24, 2.45) is 0 Å². The maximum absolute atomic E-state index is 9.89. The molecule has 1 saturated carbocycles. The molecule has 0 bridgehead atoms. The molecule has 0 aliphatic heterocycles. The summed E-state index contributed by atoms with van der Waals surface area (Å²) in [6.45, 7) is 3.15. The zero-order valence-corrected chi connectivity index (χ0v) is 10.3. The van der Waals surface area contributed by atoms with Gasteiger partial charge >= 0.3 is 0 Å². The van der Waals surface area contributed by atoms with E-state index in [4.69, 9.17) is 9.26 Å². The lowest BCUT2D eigenvalue weighted by molar-refractivity contribution is 0.0907. The van der Waals surface area contributed by atoms with Crippen molar-refractivity contribution in [1.29, 1.82) is 0 Å². The summed E-state index contributed by atoms with van der Waals surface area (Å²) < 4.78 is 10.6. The molecule has 17 heavy (non-hydrogen) atoms. The molecule has 0 radical (unpaired) electrons. The van der Waals surface area contributed by atoms with Crippen molar-refractivity contribution in [2.45, 2.75) is 57.7 Å². The van der Waals surface area contributed by atoms with Gasteiger partial charge in [-0.25, -0.2) is 0 Å². The predicted octanol–water partition coefficient (Wildman–Crippen LogP) is 2.01. The van der Waals surface area contributed by atoms with Gasteiger partial charge < -0.3 is 14.4 Å². The standard InChI is InChI=1S/C12H20N2O3/c1-2-7-16-8-11-13-12(17-14-11)9-5-3-4-6-10(9)15/h9-10,15H,2-8H2,1H3. The van der Waals surface area contributed by atoms with Crippen LogP contribution in [0.1, 0.15) is 56.7 Å². The lowest BCUT2D eigenvalue weighted by Gasteiger charge is -2.24. The van der Waals surface area contributed by atoms with Crippen LogP contribution in [0, 0.1) is 0 Å². The van der Waals surface area contributed by atoms with E-state index in [1.54, 1.807) is 0 Å². The Morgan fingerprint density at radius 1 is 1.41 bits per heavy atom. The monoisotopic (exact) mass is 240 g/mol. The molecule has 1 heterocycles. The van der Waals surface area contributed by atoms with E-state index in [-0.39, 0.29) is 12.0 Å². The average molecular weight is 240 g/mol. The Hall–Kier alpha value is -0.940. The van der Waals surface area contributed by atoms with Crippen molar-refractivity contribution in [3.05, 3.63) is 11.7 Å². The molecule has 0 saturated heterocycles. The van der Waals surface area contributed by atoms with Crippen molar-refractivity contribution in [3.63, 3.8) is 0 Å². The quantitative estimate of drug-likeness (QED) is 0.797. The van der Waals surface area contributed by atoms with Crippen molar-refractivity contribution in [2.75, 3.05) is 6.61 Å². The van der Waals surface area contributed by atoms with Gasteiger partial charge in [0, 0.05) is 6.61 Å². The van der Waals surface area contributed by atoms with E-state index >= 15 is 0 Å². The Balaban J connectivity index is 1.92. The van der Waals surface area contributed by atoms with Gasteiger partial charge in [-0.15, -0.1) is 0 Å². The summed E-state index contributed by atoms with van der Waals surface area (Å²) in [6, 6.07) is 0. The minimum Gasteiger partial charge on any atom is -0.392 e. The van der Waals surface area contributed by atoms with Crippen molar-refractivity contribution in [1.82, 2.24) is 10.1 Å². The summed E-state index contributed by atoms with van der Waals surface area (Å²) in [7, 11) is 0. The number of hydrogen-bond acceptors (Lipinski definition) is 5. The van der Waals surface area contributed by atoms with Crippen molar-refractivity contribution in [3.8, 4) is 0 Å². The molecule has 1 aliphatic carbocycles. The third-order valence-corrected chi connectivity index (χ3v) is 3.11. The highest BCUT2D eigenvalue weighted by Gasteiger charge is 2.29. The van der Waals surface area contributed by atoms with E-state index in [1.165, 1.54) is 0 Å². The minimum absolute atomic E-state index is 0.0103. The van der Waals surface area contributed by atoms with Crippen LogP contribution in [0.15, 0.2) is 4.52 Å². The number of nitrogens with zero attached hydrogens (tertiary/aromatic N) is 2. The van der Waals surface area contributed by atoms with Crippen LogP contribution in [0.5, 0.6) is 0 Å². The summed E-state index contributed by atoms with van der Waals surface area (Å²) >= 11 is 0. The Morgan fingerprint density at radius 2 is 2.24 bits per heavy atom. The van der Waals surface area contributed by atoms with Gasteiger partial charge in [0.2, 0.25) is 5.89 Å². The molecule has 1 N–H and O–H groups in total. The largest absolute Gasteiger partial charge is 0.392 e. The average Bonchev–Trinajstić information content (AvgIpc) is 2.79. The first kappa shape index (κ1) is 12.5. The molecule has 0 spiro atoms. The van der Waals surface area contributed by atoms with Crippen molar-refractivity contribution < 1.29 is 14.4 Å². The number of aromatic nitrogens is 2. The normalized spacial score (nSPS) is 25.1. The number of rotatable bonds is 5. The van der Waals surface area contributed by atoms with E-state index in [0.717, 1.165) is 32.1 Å². The van der Waals surface area contributed by atoms with Gasteiger partial charge in [-0.05, 0) is 19.3 Å². The summed E-state index contributed by atoms with van der Waals surface area (Å²) in [4.78, 5) is 4.29. The van der Waals surface area contributed by atoms with Gasteiger partial charge in [-0.1, -0.05) is 24.9 Å². The molecule has 0 amide bonds. The van der Waals surface area contributed by atoms with Crippen LogP contribution in [0.25, 0.3) is 0 Å². The molecule has 1 aromatic heterocycles. The van der Waals surface area contributed by atoms with Crippen LogP contribution in [-0.2, 0) is 11.3 Å². The fraction of sp³-hybridized carbons (Fsp3) is 0.833. The lowest BCUT2D eigenvalue weighted by atomic mass is 9.86. The molecular formula is C12H20N2O3. The van der Waals surface area contributed by atoms with E-state index in [0.29, 0.717) is 24.9 Å². The van der Waals surface area contributed by atoms with E-state index in [2.05, 4.69) is 17.1 Å². The van der Waals surface area contributed by atoms with Gasteiger partial charge in [-0.3, -0.25) is 0 Å². The van der Waals surface area contributed by atoms with Crippen LogP contribution >= 0.6 is 0 Å². The second-order valence-electron chi connectivity index (χ2n) is 4.56. The highest BCUT2D eigenvalue weighted by atomic mass is 16.5. The smallest absolute Gasteiger partial charge is 0.232 e. The maximum atomic E-state index is 9.89. The molecular weight excluding hydrogens is 220 g/mol.